The molecule has 1 heteroatoms. The van der Waals surface area contributed by atoms with Crippen LogP contribution in [0.4, 0.5) is 0 Å². The minimum absolute atomic E-state index is 0.295. The standard InChI is InChI=1S/C20H16O/c21-20-8-4-7-17-11-16-10-9-15(12-18(16)13-19(17)20)14-5-2-1-3-6-14/h1-3,5-6,9-13H,4,7-8H2. The van der Waals surface area contributed by atoms with Crippen LogP contribution in [-0.4, -0.2) is 5.78 Å². The fraction of sp³-hybridized carbons (Fsp3) is 0.150. The molecule has 1 nitrogen and oxygen atoms in total. The summed E-state index contributed by atoms with van der Waals surface area (Å²) in [4.78, 5) is 12.1. The van der Waals surface area contributed by atoms with E-state index in [1.807, 2.05) is 6.07 Å². The lowest BCUT2D eigenvalue weighted by atomic mass is 9.88. The van der Waals surface area contributed by atoms with Crippen LogP contribution in [-0.2, 0) is 6.42 Å². The fourth-order valence-electron chi connectivity index (χ4n) is 3.20. The minimum Gasteiger partial charge on any atom is -0.294 e. The van der Waals surface area contributed by atoms with E-state index >= 15 is 0 Å². The first-order valence-corrected chi connectivity index (χ1v) is 7.46. The van der Waals surface area contributed by atoms with Gasteiger partial charge >= 0.3 is 0 Å². The van der Waals surface area contributed by atoms with Gasteiger partial charge in [-0.2, -0.15) is 0 Å². The van der Waals surface area contributed by atoms with Gasteiger partial charge in [-0.15, -0.1) is 0 Å². The number of carbonyl (C=O) groups excluding carboxylic acids is 1. The number of hydrogen-bond acceptors (Lipinski definition) is 1. The van der Waals surface area contributed by atoms with E-state index in [0.717, 1.165) is 23.8 Å². The van der Waals surface area contributed by atoms with Crippen LogP contribution in [0.25, 0.3) is 21.9 Å². The molecule has 0 atom stereocenters. The number of hydrogen-bond donors (Lipinski definition) is 0. The molecule has 102 valence electrons. The summed E-state index contributed by atoms with van der Waals surface area (Å²) in [5, 5.41) is 2.38. The molecule has 0 heterocycles. The number of aryl methyl sites for hydroxylation is 1. The SMILES string of the molecule is O=C1CCCc2cc3ccc(-c4ccccc4)cc3cc21. The van der Waals surface area contributed by atoms with E-state index in [1.54, 1.807) is 0 Å². The zero-order valence-corrected chi connectivity index (χ0v) is 11.8. The van der Waals surface area contributed by atoms with Crippen LogP contribution in [0.2, 0.25) is 0 Å². The van der Waals surface area contributed by atoms with E-state index < -0.39 is 0 Å². The molecule has 0 saturated heterocycles. The summed E-state index contributed by atoms with van der Waals surface area (Å²) < 4.78 is 0. The summed E-state index contributed by atoms with van der Waals surface area (Å²) in [5.74, 6) is 0.295. The molecule has 0 spiro atoms. The highest BCUT2D eigenvalue weighted by Crippen LogP contribution is 2.29. The Morgan fingerprint density at radius 3 is 2.43 bits per heavy atom. The maximum atomic E-state index is 12.1. The van der Waals surface area contributed by atoms with Crippen molar-refractivity contribution in [1.82, 2.24) is 0 Å². The van der Waals surface area contributed by atoms with Gasteiger partial charge in [0.1, 0.15) is 0 Å². The van der Waals surface area contributed by atoms with Gasteiger partial charge in [0.05, 0.1) is 0 Å². The highest BCUT2D eigenvalue weighted by Gasteiger charge is 2.17. The van der Waals surface area contributed by atoms with Crippen LogP contribution in [0.15, 0.2) is 60.7 Å². The van der Waals surface area contributed by atoms with Crippen LogP contribution < -0.4 is 0 Å². The predicted molar refractivity (Wildman–Crippen MR) is 86.7 cm³/mol. The first-order chi connectivity index (χ1) is 10.3. The van der Waals surface area contributed by atoms with Crippen molar-refractivity contribution >= 4 is 16.6 Å². The van der Waals surface area contributed by atoms with Gasteiger partial charge in [-0.1, -0.05) is 48.5 Å². The van der Waals surface area contributed by atoms with Crippen LogP contribution in [0.1, 0.15) is 28.8 Å². The Labute approximate surface area is 124 Å². The van der Waals surface area contributed by atoms with Crippen molar-refractivity contribution in [3.63, 3.8) is 0 Å². The zero-order valence-electron chi connectivity index (χ0n) is 11.8. The molecule has 1 aliphatic carbocycles. The molecule has 21 heavy (non-hydrogen) atoms. The molecule has 0 aromatic heterocycles. The molecule has 3 aromatic carbocycles. The van der Waals surface area contributed by atoms with Crippen LogP contribution in [0.5, 0.6) is 0 Å². The van der Waals surface area contributed by atoms with Crippen LogP contribution in [0, 0.1) is 0 Å². The molecule has 0 unspecified atom stereocenters. The molecule has 4 rings (SSSR count). The van der Waals surface area contributed by atoms with Gasteiger partial charge < -0.3 is 0 Å². The minimum atomic E-state index is 0.295. The van der Waals surface area contributed by atoms with Gasteiger partial charge in [-0.25, -0.2) is 0 Å². The number of carbonyl (C=O) groups is 1. The molecular formula is C20H16O. The molecule has 0 amide bonds. The van der Waals surface area contributed by atoms with Gasteiger partial charge in [0.15, 0.2) is 5.78 Å². The summed E-state index contributed by atoms with van der Waals surface area (Å²) in [6.07, 6.45) is 2.70. The Kier molecular flexibility index (Phi) is 2.85. The van der Waals surface area contributed by atoms with Crippen LogP contribution in [0.3, 0.4) is 0 Å². The van der Waals surface area contributed by atoms with Crippen molar-refractivity contribution < 1.29 is 4.79 Å². The summed E-state index contributed by atoms with van der Waals surface area (Å²) in [6, 6.07) is 21.1. The molecule has 0 radical (unpaired) electrons. The Morgan fingerprint density at radius 2 is 1.57 bits per heavy atom. The number of rotatable bonds is 1. The molecule has 0 aliphatic heterocycles. The number of benzene rings is 3. The summed E-state index contributed by atoms with van der Waals surface area (Å²) in [6.45, 7) is 0. The third-order valence-electron chi connectivity index (χ3n) is 4.32. The van der Waals surface area contributed by atoms with Crippen molar-refractivity contribution in [1.29, 1.82) is 0 Å². The van der Waals surface area contributed by atoms with Gasteiger partial charge in [-0.3, -0.25) is 4.79 Å². The molecular weight excluding hydrogens is 256 g/mol. The van der Waals surface area contributed by atoms with E-state index in [1.165, 1.54) is 22.1 Å². The Balaban J connectivity index is 1.90. The quantitative estimate of drug-likeness (QED) is 0.607. The molecule has 0 N–H and O–H groups in total. The van der Waals surface area contributed by atoms with Gasteiger partial charge in [0.2, 0.25) is 0 Å². The van der Waals surface area contributed by atoms with Crippen molar-refractivity contribution in [2.45, 2.75) is 19.3 Å². The predicted octanol–water partition coefficient (Wildman–Crippen LogP) is 5.03. The second-order valence-corrected chi connectivity index (χ2v) is 5.71. The topological polar surface area (TPSA) is 17.1 Å². The van der Waals surface area contributed by atoms with Gasteiger partial charge in [-0.05, 0) is 52.4 Å². The van der Waals surface area contributed by atoms with E-state index in [4.69, 9.17) is 0 Å². The van der Waals surface area contributed by atoms with Crippen molar-refractivity contribution in [3.8, 4) is 11.1 Å². The van der Waals surface area contributed by atoms with E-state index in [0.29, 0.717) is 12.2 Å². The maximum absolute atomic E-state index is 12.1. The first kappa shape index (κ1) is 12.3. The monoisotopic (exact) mass is 272 g/mol. The van der Waals surface area contributed by atoms with Crippen molar-refractivity contribution in [2.24, 2.45) is 0 Å². The molecule has 0 saturated carbocycles. The number of fused-ring (bicyclic) bond motifs is 2. The lowest BCUT2D eigenvalue weighted by Crippen LogP contribution is -2.10. The smallest absolute Gasteiger partial charge is 0.163 e. The molecule has 3 aromatic rings. The zero-order chi connectivity index (χ0) is 14.2. The van der Waals surface area contributed by atoms with Gasteiger partial charge in [0, 0.05) is 12.0 Å². The molecule has 1 aliphatic rings. The summed E-state index contributed by atoms with van der Waals surface area (Å²) >= 11 is 0. The highest BCUT2D eigenvalue weighted by molar-refractivity contribution is 6.03. The number of ketones is 1. The fourth-order valence-corrected chi connectivity index (χ4v) is 3.20. The average Bonchev–Trinajstić information content (AvgIpc) is 2.54. The second-order valence-electron chi connectivity index (χ2n) is 5.71. The average molecular weight is 272 g/mol. The van der Waals surface area contributed by atoms with Crippen molar-refractivity contribution in [3.05, 3.63) is 71.8 Å². The first-order valence-electron chi connectivity index (χ1n) is 7.46. The Hall–Kier alpha value is -2.41. The largest absolute Gasteiger partial charge is 0.294 e. The third kappa shape index (κ3) is 2.15. The van der Waals surface area contributed by atoms with E-state index in [9.17, 15) is 4.79 Å². The molecule has 0 fully saturated rings. The maximum Gasteiger partial charge on any atom is 0.163 e. The summed E-state index contributed by atoms with van der Waals surface area (Å²) in [5.41, 5.74) is 4.56. The molecule has 0 bridgehead atoms. The second kappa shape index (κ2) is 4.85. The Bertz CT molecular complexity index is 831. The van der Waals surface area contributed by atoms with E-state index in [2.05, 4.69) is 54.6 Å². The highest BCUT2D eigenvalue weighted by atomic mass is 16.1. The van der Waals surface area contributed by atoms with Gasteiger partial charge in [0.25, 0.3) is 0 Å². The van der Waals surface area contributed by atoms with Crippen molar-refractivity contribution in [2.75, 3.05) is 0 Å². The van der Waals surface area contributed by atoms with Crippen LogP contribution >= 0.6 is 0 Å². The lowest BCUT2D eigenvalue weighted by Gasteiger charge is -2.16. The normalized spacial score (nSPS) is 14.2. The Morgan fingerprint density at radius 1 is 0.714 bits per heavy atom. The summed E-state index contributed by atoms with van der Waals surface area (Å²) in [7, 11) is 0. The number of Topliss-reactive ketones (excluding diaryl/α,β-unsaturated/α-hetero) is 1. The van der Waals surface area contributed by atoms with E-state index in [-0.39, 0.29) is 0 Å². The lowest BCUT2D eigenvalue weighted by molar-refractivity contribution is 0.0972. The third-order valence-corrected chi connectivity index (χ3v) is 4.32.